The van der Waals surface area contributed by atoms with Crippen LogP contribution in [0.5, 0.6) is 5.75 Å². The fourth-order valence-electron chi connectivity index (χ4n) is 1.87. The molecule has 0 aromatic heterocycles. The molecule has 0 heterocycles. The van der Waals surface area contributed by atoms with E-state index in [2.05, 4.69) is 5.32 Å². The summed E-state index contributed by atoms with van der Waals surface area (Å²) in [5, 5.41) is 3.44. The summed E-state index contributed by atoms with van der Waals surface area (Å²) in [6.07, 6.45) is 0. The standard InChI is InChI=1S/C15H14ClF2NO/c1-9(10-3-5-13(18)15(7-10)20-2)19-14-8-11(16)4-6-12(14)17/h3-9,19H,1-2H3. The molecule has 0 aliphatic rings. The van der Waals surface area contributed by atoms with E-state index < -0.39 is 11.6 Å². The zero-order chi connectivity index (χ0) is 14.7. The van der Waals surface area contributed by atoms with Gasteiger partial charge in [-0.3, -0.25) is 0 Å². The molecule has 1 N–H and O–H groups in total. The summed E-state index contributed by atoms with van der Waals surface area (Å²) in [7, 11) is 1.40. The van der Waals surface area contributed by atoms with E-state index >= 15 is 0 Å². The van der Waals surface area contributed by atoms with Gasteiger partial charge in [0.1, 0.15) is 5.82 Å². The molecule has 2 nitrogen and oxygen atoms in total. The number of methoxy groups -OCH3 is 1. The molecule has 0 saturated carbocycles. The fourth-order valence-corrected chi connectivity index (χ4v) is 2.04. The van der Waals surface area contributed by atoms with Gasteiger partial charge in [-0.05, 0) is 42.8 Å². The number of rotatable bonds is 4. The van der Waals surface area contributed by atoms with Crippen molar-refractivity contribution < 1.29 is 13.5 Å². The van der Waals surface area contributed by atoms with Gasteiger partial charge in [-0.15, -0.1) is 0 Å². The maximum absolute atomic E-state index is 13.6. The monoisotopic (exact) mass is 297 g/mol. The van der Waals surface area contributed by atoms with E-state index in [4.69, 9.17) is 16.3 Å². The maximum Gasteiger partial charge on any atom is 0.165 e. The summed E-state index contributed by atoms with van der Waals surface area (Å²) in [5.41, 5.74) is 1.08. The van der Waals surface area contributed by atoms with Crippen molar-refractivity contribution in [3.63, 3.8) is 0 Å². The third-order valence-electron chi connectivity index (χ3n) is 2.98. The Morgan fingerprint density at radius 2 is 1.80 bits per heavy atom. The molecule has 0 fully saturated rings. The molecule has 0 saturated heterocycles. The third-order valence-corrected chi connectivity index (χ3v) is 3.21. The Bertz CT molecular complexity index is 619. The van der Waals surface area contributed by atoms with Crippen LogP contribution < -0.4 is 10.1 Å². The lowest BCUT2D eigenvalue weighted by Crippen LogP contribution is -2.08. The summed E-state index contributed by atoms with van der Waals surface area (Å²) in [4.78, 5) is 0. The Morgan fingerprint density at radius 3 is 2.50 bits per heavy atom. The molecule has 0 aliphatic carbocycles. The van der Waals surface area contributed by atoms with Crippen molar-refractivity contribution in [1.82, 2.24) is 0 Å². The van der Waals surface area contributed by atoms with Crippen LogP contribution in [0.1, 0.15) is 18.5 Å². The van der Waals surface area contributed by atoms with Crippen LogP contribution in [0, 0.1) is 11.6 Å². The largest absolute Gasteiger partial charge is 0.494 e. The van der Waals surface area contributed by atoms with Crippen LogP contribution in [-0.4, -0.2) is 7.11 Å². The molecule has 2 aromatic carbocycles. The van der Waals surface area contributed by atoms with Crippen molar-refractivity contribution >= 4 is 17.3 Å². The second-order valence-corrected chi connectivity index (χ2v) is 4.82. The van der Waals surface area contributed by atoms with Gasteiger partial charge in [-0.1, -0.05) is 17.7 Å². The van der Waals surface area contributed by atoms with Gasteiger partial charge in [0.15, 0.2) is 11.6 Å². The third kappa shape index (κ3) is 3.20. The van der Waals surface area contributed by atoms with Crippen LogP contribution in [0.4, 0.5) is 14.5 Å². The van der Waals surface area contributed by atoms with Crippen molar-refractivity contribution in [2.24, 2.45) is 0 Å². The predicted molar refractivity (Wildman–Crippen MR) is 76.4 cm³/mol. The molecular formula is C15H14ClF2NO. The highest BCUT2D eigenvalue weighted by Gasteiger charge is 2.12. The number of hydrogen-bond donors (Lipinski definition) is 1. The van der Waals surface area contributed by atoms with E-state index in [1.807, 2.05) is 6.92 Å². The fraction of sp³-hybridized carbons (Fsp3) is 0.200. The first-order valence-electron chi connectivity index (χ1n) is 6.06. The van der Waals surface area contributed by atoms with E-state index in [0.29, 0.717) is 10.7 Å². The van der Waals surface area contributed by atoms with Gasteiger partial charge in [0.05, 0.1) is 12.8 Å². The molecule has 0 radical (unpaired) electrons. The zero-order valence-electron chi connectivity index (χ0n) is 11.1. The Hall–Kier alpha value is -1.81. The highest BCUT2D eigenvalue weighted by atomic mass is 35.5. The van der Waals surface area contributed by atoms with Gasteiger partial charge in [-0.2, -0.15) is 0 Å². The molecule has 0 spiro atoms. The van der Waals surface area contributed by atoms with Gasteiger partial charge in [0, 0.05) is 11.1 Å². The molecule has 5 heteroatoms. The quantitative estimate of drug-likeness (QED) is 0.875. The first kappa shape index (κ1) is 14.6. The van der Waals surface area contributed by atoms with E-state index in [-0.39, 0.29) is 11.8 Å². The van der Waals surface area contributed by atoms with Crippen molar-refractivity contribution in [2.75, 3.05) is 12.4 Å². The van der Waals surface area contributed by atoms with E-state index in [1.165, 1.54) is 31.4 Å². The molecule has 0 bridgehead atoms. The molecule has 2 rings (SSSR count). The minimum atomic E-state index is -0.433. The summed E-state index contributed by atoms with van der Waals surface area (Å²) in [5.74, 6) is -0.671. The van der Waals surface area contributed by atoms with Crippen molar-refractivity contribution in [2.45, 2.75) is 13.0 Å². The number of ether oxygens (including phenoxy) is 1. The summed E-state index contributed by atoms with van der Waals surface area (Å²) in [6, 6.07) is 8.58. The highest BCUT2D eigenvalue weighted by Crippen LogP contribution is 2.27. The first-order valence-corrected chi connectivity index (χ1v) is 6.44. The minimum Gasteiger partial charge on any atom is -0.494 e. The van der Waals surface area contributed by atoms with Crippen LogP contribution in [0.25, 0.3) is 0 Å². The lowest BCUT2D eigenvalue weighted by molar-refractivity contribution is 0.385. The molecule has 1 atom stereocenters. The maximum atomic E-state index is 13.6. The summed E-state index contributed by atoms with van der Waals surface area (Å²) < 4.78 is 31.9. The van der Waals surface area contributed by atoms with E-state index in [9.17, 15) is 8.78 Å². The van der Waals surface area contributed by atoms with Crippen molar-refractivity contribution in [3.8, 4) is 5.75 Å². The summed E-state index contributed by atoms with van der Waals surface area (Å²) in [6.45, 7) is 1.84. The topological polar surface area (TPSA) is 21.3 Å². The Labute approximate surface area is 121 Å². The van der Waals surface area contributed by atoms with Crippen LogP contribution in [-0.2, 0) is 0 Å². The van der Waals surface area contributed by atoms with Crippen LogP contribution in [0.15, 0.2) is 36.4 Å². The molecule has 106 valence electrons. The number of anilines is 1. The number of halogens is 3. The predicted octanol–water partition coefficient (Wildman–Crippen LogP) is 4.80. The molecule has 0 aliphatic heterocycles. The molecule has 0 amide bonds. The first-order chi connectivity index (χ1) is 9.51. The zero-order valence-corrected chi connectivity index (χ0v) is 11.8. The van der Waals surface area contributed by atoms with Gasteiger partial charge >= 0.3 is 0 Å². The number of nitrogens with one attached hydrogen (secondary N) is 1. The van der Waals surface area contributed by atoms with Gasteiger partial charge in [0.2, 0.25) is 0 Å². The van der Waals surface area contributed by atoms with E-state index in [1.54, 1.807) is 12.1 Å². The van der Waals surface area contributed by atoms with Gasteiger partial charge < -0.3 is 10.1 Å². The average molecular weight is 298 g/mol. The minimum absolute atomic E-state index is 0.155. The Kier molecular flexibility index (Phi) is 4.45. The molecule has 20 heavy (non-hydrogen) atoms. The summed E-state index contributed by atoms with van der Waals surface area (Å²) >= 11 is 5.84. The van der Waals surface area contributed by atoms with Crippen molar-refractivity contribution in [1.29, 1.82) is 0 Å². The molecule has 1 unspecified atom stereocenters. The van der Waals surface area contributed by atoms with Crippen LogP contribution in [0.2, 0.25) is 5.02 Å². The highest BCUT2D eigenvalue weighted by molar-refractivity contribution is 6.30. The molecule has 2 aromatic rings. The van der Waals surface area contributed by atoms with E-state index in [0.717, 1.165) is 5.56 Å². The SMILES string of the molecule is COc1cc(C(C)Nc2cc(Cl)ccc2F)ccc1F. The van der Waals surface area contributed by atoms with Crippen LogP contribution >= 0.6 is 11.6 Å². The second-order valence-electron chi connectivity index (χ2n) is 4.38. The Balaban J connectivity index is 2.23. The normalized spacial score (nSPS) is 12.1. The lowest BCUT2D eigenvalue weighted by atomic mass is 10.1. The lowest BCUT2D eigenvalue weighted by Gasteiger charge is -2.17. The molecular weight excluding hydrogens is 284 g/mol. The second kappa shape index (κ2) is 6.09. The van der Waals surface area contributed by atoms with Gasteiger partial charge in [-0.25, -0.2) is 8.78 Å². The smallest absolute Gasteiger partial charge is 0.165 e. The van der Waals surface area contributed by atoms with Crippen molar-refractivity contribution in [3.05, 3.63) is 58.6 Å². The van der Waals surface area contributed by atoms with Gasteiger partial charge in [0.25, 0.3) is 0 Å². The number of benzene rings is 2. The average Bonchev–Trinajstić information content (AvgIpc) is 2.43. The number of hydrogen-bond acceptors (Lipinski definition) is 2. The Morgan fingerprint density at radius 1 is 1.10 bits per heavy atom. The van der Waals surface area contributed by atoms with Crippen LogP contribution in [0.3, 0.4) is 0 Å².